The summed E-state index contributed by atoms with van der Waals surface area (Å²) in [5.74, 6) is 2.36. The number of aliphatic hydroxyl groups is 1. The Labute approximate surface area is 242 Å². The summed E-state index contributed by atoms with van der Waals surface area (Å²) in [5.41, 5.74) is 7.12. The molecule has 0 aliphatic carbocycles. The second-order valence-electron chi connectivity index (χ2n) is 11.9. The van der Waals surface area contributed by atoms with Gasteiger partial charge in [-0.1, -0.05) is 33.8 Å². The van der Waals surface area contributed by atoms with Gasteiger partial charge in [0.15, 0.2) is 11.5 Å². The molecule has 9 heteroatoms. The van der Waals surface area contributed by atoms with Crippen molar-refractivity contribution in [2.24, 2.45) is 28.9 Å². The van der Waals surface area contributed by atoms with Crippen molar-refractivity contribution in [3.63, 3.8) is 0 Å². The fourth-order valence-electron chi connectivity index (χ4n) is 5.26. The van der Waals surface area contributed by atoms with Gasteiger partial charge in [-0.15, -0.1) is 12.4 Å². The largest absolute Gasteiger partial charge is 0.493 e. The second kappa shape index (κ2) is 17.3. The van der Waals surface area contributed by atoms with Gasteiger partial charge >= 0.3 is 0 Å². The topological polar surface area (TPSA) is 106 Å². The second-order valence-corrected chi connectivity index (χ2v) is 11.9. The number of likely N-dealkylation sites (tertiary alicyclic amines) is 1. The van der Waals surface area contributed by atoms with E-state index in [1.807, 2.05) is 26.0 Å². The van der Waals surface area contributed by atoms with E-state index < -0.39 is 17.6 Å². The molecule has 39 heavy (non-hydrogen) atoms. The van der Waals surface area contributed by atoms with E-state index in [2.05, 4.69) is 37.2 Å². The fourth-order valence-corrected chi connectivity index (χ4v) is 5.26. The van der Waals surface area contributed by atoms with Crippen LogP contribution in [0.2, 0.25) is 0 Å². The van der Waals surface area contributed by atoms with Crippen LogP contribution in [0.25, 0.3) is 0 Å². The highest BCUT2D eigenvalue weighted by Crippen LogP contribution is 2.34. The normalized spacial score (nSPS) is 18.7. The maximum Gasteiger partial charge on any atom is 0.226 e. The van der Waals surface area contributed by atoms with Crippen molar-refractivity contribution < 1.29 is 24.1 Å². The summed E-state index contributed by atoms with van der Waals surface area (Å²) in [6.45, 7) is 11.8. The zero-order valence-electron chi connectivity index (χ0n) is 25.2. The van der Waals surface area contributed by atoms with Gasteiger partial charge in [0.25, 0.3) is 0 Å². The van der Waals surface area contributed by atoms with Crippen LogP contribution in [-0.4, -0.2) is 82.2 Å². The summed E-state index contributed by atoms with van der Waals surface area (Å²) in [6, 6.07) is 5.60. The molecule has 1 aliphatic rings. The molecule has 1 saturated heterocycles. The number of halogens is 1. The molecule has 0 spiro atoms. The quantitative estimate of drug-likeness (QED) is 0.258. The first kappa shape index (κ1) is 35.4. The molecule has 4 N–H and O–H groups in total. The van der Waals surface area contributed by atoms with E-state index in [9.17, 15) is 9.90 Å². The molecule has 1 unspecified atom stereocenters. The Morgan fingerprint density at radius 3 is 2.56 bits per heavy atom. The number of nitrogens with two attached hydrogens (primary N) is 1. The van der Waals surface area contributed by atoms with Crippen molar-refractivity contribution in [1.29, 1.82) is 0 Å². The predicted octanol–water partition coefficient (Wildman–Crippen LogP) is 3.91. The first-order valence-corrected chi connectivity index (χ1v) is 14.2. The van der Waals surface area contributed by atoms with Crippen molar-refractivity contribution in [3.8, 4) is 11.5 Å². The maximum atomic E-state index is 13.1. The minimum absolute atomic E-state index is 0. The third kappa shape index (κ3) is 11.1. The van der Waals surface area contributed by atoms with Gasteiger partial charge in [-0.05, 0) is 74.7 Å². The van der Waals surface area contributed by atoms with Crippen molar-refractivity contribution in [1.82, 2.24) is 10.2 Å². The van der Waals surface area contributed by atoms with E-state index >= 15 is 0 Å². The molecule has 8 nitrogen and oxygen atoms in total. The molecule has 1 aliphatic heterocycles. The summed E-state index contributed by atoms with van der Waals surface area (Å²) in [4.78, 5) is 15.3. The number of nitrogens with one attached hydrogen (secondary N) is 1. The third-order valence-electron chi connectivity index (χ3n) is 8.19. The Kier molecular flexibility index (Phi) is 15.7. The van der Waals surface area contributed by atoms with Gasteiger partial charge in [0, 0.05) is 44.7 Å². The van der Waals surface area contributed by atoms with E-state index in [0.717, 1.165) is 50.1 Å². The fraction of sp³-hybridized carbons (Fsp3) is 0.767. The van der Waals surface area contributed by atoms with Crippen LogP contribution in [-0.2, 0) is 16.0 Å². The van der Waals surface area contributed by atoms with Crippen LogP contribution < -0.4 is 20.5 Å². The van der Waals surface area contributed by atoms with Crippen LogP contribution >= 0.6 is 12.4 Å². The predicted molar refractivity (Wildman–Crippen MR) is 160 cm³/mol. The van der Waals surface area contributed by atoms with Gasteiger partial charge in [-0.25, -0.2) is 0 Å². The van der Waals surface area contributed by atoms with Gasteiger partial charge in [-0.2, -0.15) is 0 Å². The molecule has 0 bridgehead atoms. The minimum atomic E-state index is -0.805. The van der Waals surface area contributed by atoms with Gasteiger partial charge in [-0.3, -0.25) is 4.79 Å². The molecule has 0 radical (unpaired) electrons. The number of amides is 1. The standard InChI is InChI=1S/C30H53N3O5.ClH/c1-21(2)23(16-22-11-12-27(37-7)28(17-22)38-15-9-14-36-6)18-25(31)26(34)19-32-29(35)30(3,4)24-10-8-13-33(5)20-24;/h11-12,17,21,23-26,34H,8-10,13-16,18-20,31H2,1-7H3,(H,32,35);1H/t23-,24?,25-,26-;/m0./s1. The molecule has 1 aromatic carbocycles. The van der Waals surface area contributed by atoms with Crippen molar-refractivity contribution >= 4 is 18.3 Å². The number of benzene rings is 1. The Morgan fingerprint density at radius 2 is 1.95 bits per heavy atom. The number of ether oxygens (including phenoxy) is 3. The summed E-state index contributed by atoms with van der Waals surface area (Å²) in [7, 11) is 5.43. The zero-order chi connectivity index (χ0) is 28.3. The van der Waals surface area contributed by atoms with E-state index in [4.69, 9.17) is 19.9 Å². The molecule has 1 amide bonds. The molecule has 1 aromatic rings. The van der Waals surface area contributed by atoms with Crippen LogP contribution in [0.4, 0.5) is 0 Å². The Morgan fingerprint density at radius 1 is 1.23 bits per heavy atom. The molecule has 0 aromatic heterocycles. The average Bonchev–Trinajstić information content (AvgIpc) is 2.89. The van der Waals surface area contributed by atoms with Crippen molar-refractivity contribution in [2.75, 3.05) is 54.1 Å². The SMILES string of the molecule is COCCCOc1cc(C[C@@H](C[C@H](N)[C@@H](O)CNC(=O)C(C)(C)C2CCCN(C)C2)C(C)C)ccc1OC.Cl. The molecule has 2 rings (SSSR count). The molecule has 4 atom stereocenters. The van der Waals surface area contributed by atoms with Gasteiger partial charge in [0.05, 0.1) is 19.8 Å². The average molecular weight is 572 g/mol. The number of methoxy groups -OCH3 is 2. The Balaban J connectivity index is 0.00000760. The monoisotopic (exact) mass is 571 g/mol. The summed E-state index contributed by atoms with van der Waals surface area (Å²) >= 11 is 0. The lowest BCUT2D eigenvalue weighted by Crippen LogP contribution is -2.51. The van der Waals surface area contributed by atoms with Gasteiger partial charge < -0.3 is 35.3 Å². The number of carbonyl (C=O) groups is 1. The molecular weight excluding hydrogens is 518 g/mol. The number of nitrogens with zero attached hydrogens (tertiary/aromatic N) is 1. The lowest BCUT2D eigenvalue weighted by atomic mass is 9.74. The molecule has 1 heterocycles. The Hall–Kier alpha value is -1.58. The minimum Gasteiger partial charge on any atom is -0.493 e. The first-order chi connectivity index (χ1) is 18.0. The smallest absolute Gasteiger partial charge is 0.226 e. The van der Waals surface area contributed by atoms with E-state index in [-0.39, 0.29) is 30.8 Å². The lowest BCUT2D eigenvalue weighted by molar-refractivity contribution is -0.133. The van der Waals surface area contributed by atoms with Crippen LogP contribution in [0, 0.1) is 23.2 Å². The van der Waals surface area contributed by atoms with E-state index in [1.165, 1.54) is 0 Å². The van der Waals surface area contributed by atoms with Crippen LogP contribution in [0.1, 0.15) is 58.9 Å². The summed E-state index contributed by atoms with van der Waals surface area (Å²) < 4.78 is 16.5. The van der Waals surface area contributed by atoms with Crippen LogP contribution in [0.3, 0.4) is 0 Å². The highest BCUT2D eigenvalue weighted by atomic mass is 35.5. The van der Waals surface area contributed by atoms with Crippen molar-refractivity contribution in [3.05, 3.63) is 23.8 Å². The first-order valence-electron chi connectivity index (χ1n) is 14.2. The summed E-state index contributed by atoms with van der Waals surface area (Å²) in [5, 5.41) is 13.8. The van der Waals surface area contributed by atoms with E-state index in [0.29, 0.717) is 37.2 Å². The molecule has 1 fully saturated rings. The third-order valence-corrected chi connectivity index (χ3v) is 8.19. The number of hydrogen-bond acceptors (Lipinski definition) is 7. The highest BCUT2D eigenvalue weighted by molar-refractivity contribution is 5.85. The maximum absolute atomic E-state index is 13.1. The van der Waals surface area contributed by atoms with E-state index in [1.54, 1.807) is 14.2 Å². The van der Waals surface area contributed by atoms with Gasteiger partial charge in [0.1, 0.15) is 0 Å². The molecular formula is C30H54ClN3O5. The lowest BCUT2D eigenvalue weighted by Gasteiger charge is -2.39. The highest BCUT2D eigenvalue weighted by Gasteiger charge is 2.38. The zero-order valence-corrected chi connectivity index (χ0v) is 26.0. The number of carbonyl (C=O) groups excluding carboxylic acids is 1. The number of piperidine rings is 1. The van der Waals surface area contributed by atoms with Crippen molar-refractivity contribution in [2.45, 2.75) is 71.9 Å². The number of hydrogen-bond donors (Lipinski definition) is 3. The van der Waals surface area contributed by atoms with Crippen LogP contribution in [0.15, 0.2) is 18.2 Å². The number of aliphatic hydroxyl groups excluding tert-OH is 1. The number of rotatable bonds is 16. The van der Waals surface area contributed by atoms with Crippen LogP contribution in [0.5, 0.6) is 11.5 Å². The molecule has 0 saturated carbocycles. The molecule has 226 valence electrons. The Bertz CT molecular complexity index is 854. The van der Waals surface area contributed by atoms with Gasteiger partial charge in [0.2, 0.25) is 5.91 Å². The summed E-state index contributed by atoms with van der Waals surface area (Å²) in [6.07, 6.45) is 3.62.